The molecule has 0 unspecified atom stereocenters. The fourth-order valence-electron chi connectivity index (χ4n) is 6.53. The fraction of sp³-hybridized carbons (Fsp3) is 0.538. The van der Waals surface area contributed by atoms with Crippen LogP contribution >= 0.6 is 0 Å². The van der Waals surface area contributed by atoms with Crippen LogP contribution in [0.1, 0.15) is 68.7 Å². The quantitative estimate of drug-likeness (QED) is 0.639. The Balaban J connectivity index is 1.46. The minimum absolute atomic E-state index is 0.202. The molecule has 4 atom stereocenters. The second kappa shape index (κ2) is 7.40. The number of aromatic nitrogens is 2. The Hall–Kier alpha value is -2.36. The van der Waals surface area contributed by atoms with E-state index in [1.807, 2.05) is 16.9 Å². The van der Waals surface area contributed by atoms with Gasteiger partial charge in [-0.1, -0.05) is 19.9 Å². The molecule has 3 aliphatic carbocycles. The Bertz CT molecular complexity index is 1000. The molecule has 1 aromatic carbocycles. The number of Topliss-reactive ketones (excluding diaryl/α,β-unsaturated/α-hetero) is 1. The molecule has 2 saturated carbocycles. The molecular weight excluding hydrogens is 372 g/mol. The number of aryl methyl sites for hydroxylation is 2. The molecule has 0 saturated heterocycles. The summed E-state index contributed by atoms with van der Waals surface area (Å²) < 4.78 is 7.47. The smallest absolute Gasteiger partial charge is 0.165 e. The van der Waals surface area contributed by atoms with Crippen molar-refractivity contribution in [1.29, 1.82) is 0 Å². The van der Waals surface area contributed by atoms with Gasteiger partial charge in [-0.05, 0) is 97.3 Å². The van der Waals surface area contributed by atoms with Crippen molar-refractivity contribution in [2.75, 3.05) is 7.11 Å². The van der Waals surface area contributed by atoms with E-state index in [-0.39, 0.29) is 5.41 Å². The molecule has 30 heavy (non-hydrogen) atoms. The van der Waals surface area contributed by atoms with Gasteiger partial charge in [0.2, 0.25) is 0 Å². The number of ketones is 1. The predicted octanol–water partition coefficient (Wildman–Crippen LogP) is 5.42. The van der Waals surface area contributed by atoms with Crippen molar-refractivity contribution in [3.8, 4) is 5.75 Å². The Kier molecular flexibility index (Phi) is 4.83. The minimum atomic E-state index is -0.202. The SMILES string of the molecule is CCCn1nccc1/C=C1\C[C@@H]2[C@H]3CCc4cc(OC)ccc4[C@@H]3CC[C@]2(C)C1=O. The van der Waals surface area contributed by atoms with Crippen LogP contribution in [0, 0.1) is 17.3 Å². The van der Waals surface area contributed by atoms with Gasteiger partial charge in [0, 0.05) is 18.2 Å². The Morgan fingerprint density at radius 2 is 2.17 bits per heavy atom. The number of carbonyl (C=O) groups excluding carboxylic acids is 1. The van der Waals surface area contributed by atoms with Crippen LogP contribution in [0.25, 0.3) is 6.08 Å². The molecule has 158 valence electrons. The van der Waals surface area contributed by atoms with E-state index in [2.05, 4.69) is 43.2 Å². The van der Waals surface area contributed by atoms with E-state index in [4.69, 9.17) is 4.74 Å². The van der Waals surface area contributed by atoms with Crippen LogP contribution in [0.15, 0.2) is 36.0 Å². The van der Waals surface area contributed by atoms with Crippen molar-refractivity contribution >= 4 is 11.9 Å². The molecular formula is C26H32N2O2. The van der Waals surface area contributed by atoms with Gasteiger partial charge in [-0.15, -0.1) is 0 Å². The maximum atomic E-state index is 13.5. The van der Waals surface area contributed by atoms with Crippen LogP contribution < -0.4 is 4.74 Å². The van der Waals surface area contributed by atoms with E-state index in [9.17, 15) is 4.79 Å². The molecule has 5 rings (SSSR count). The highest BCUT2D eigenvalue weighted by Crippen LogP contribution is 2.60. The lowest BCUT2D eigenvalue weighted by Crippen LogP contribution is -2.42. The standard InChI is InChI=1S/C26H32N2O2/c1-4-13-28-19(10-12-27-28)14-18-16-24-23-7-5-17-15-20(30-3)6-8-21(17)22(23)9-11-26(24,2)25(18)29/h6,8,10,12,14-15,22-24H,4-5,7,9,11,13,16H2,1-3H3/b18-14+/t22-,23-,24+,26-/m0/s1. The van der Waals surface area contributed by atoms with E-state index >= 15 is 0 Å². The van der Waals surface area contributed by atoms with Crippen molar-refractivity contribution in [2.45, 2.75) is 64.8 Å². The van der Waals surface area contributed by atoms with Crippen LogP contribution in [0.5, 0.6) is 5.75 Å². The van der Waals surface area contributed by atoms with Gasteiger partial charge in [-0.3, -0.25) is 9.48 Å². The molecule has 0 bridgehead atoms. The number of fused-ring (bicyclic) bond motifs is 5. The average molecular weight is 405 g/mol. The largest absolute Gasteiger partial charge is 0.497 e. The monoisotopic (exact) mass is 404 g/mol. The zero-order chi connectivity index (χ0) is 20.9. The van der Waals surface area contributed by atoms with Gasteiger partial charge < -0.3 is 4.74 Å². The zero-order valence-electron chi connectivity index (χ0n) is 18.4. The molecule has 2 fully saturated rings. The van der Waals surface area contributed by atoms with Gasteiger partial charge in [0.05, 0.1) is 12.8 Å². The molecule has 0 spiro atoms. The third-order valence-electron chi connectivity index (χ3n) is 8.08. The van der Waals surface area contributed by atoms with Crippen LogP contribution in [0.3, 0.4) is 0 Å². The number of carbonyl (C=O) groups is 1. The normalized spacial score (nSPS) is 31.4. The summed E-state index contributed by atoms with van der Waals surface area (Å²) in [5, 5.41) is 4.44. The number of hydrogen-bond donors (Lipinski definition) is 0. The first-order chi connectivity index (χ1) is 14.5. The van der Waals surface area contributed by atoms with Gasteiger partial charge in [0.15, 0.2) is 5.78 Å². The lowest BCUT2D eigenvalue weighted by Gasteiger charge is -2.48. The molecule has 4 heteroatoms. The summed E-state index contributed by atoms with van der Waals surface area (Å²) in [4.78, 5) is 13.5. The number of methoxy groups -OCH3 is 1. The molecule has 1 heterocycles. The van der Waals surface area contributed by atoms with E-state index in [0.29, 0.717) is 23.5 Å². The second-order valence-electron chi connectivity index (χ2n) is 9.62. The first kappa shape index (κ1) is 19.6. The van der Waals surface area contributed by atoms with Crippen molar-refractivity contribution in [1.82, 2.24) is 9.78 Å². The molecule has 0 amide bonds. The number of ether oxygens (including phenoxy) is 1. The van der Waals surface area contributed by atoms with Crippen molar-refractivity contribution in [2.24, 2.45) is 17.3 Å². The van der Waals surface area contributed by atoms with E-state index in [0.717, 1.165) is 55.7 Å². The number of nitrogens with zero attached hydrogens (tertiary/aromatic N) is 2. The summed E-state index contributed by atoms with van der Waals surface area (Å²) in [6.45, 7) is 5.29. The molecule has 2 aromatic rings. The van der Waals surface area contributed by atoms with Gasteiger partial charge >= 0.3 is 0 Å². The third-order valence-corrected chi connectivity index (χ3v) is 8.08. The maximum Gasteiger partial charge on any atom is 0.165 e. The minimum Gasteiger partial charge on any atom is -0.497 e. The number of benzene rings is 1. The lowest BCUT2D eigenvalue weighted by atomic mass is 9.55. The summed E-state index contributed by atoms with van der Waals surface area (Å²) in [6, 6.07) is 8.65. The zero-order valence-corrected chi connectivity index (χ0v) is 18.4. The average Bonchev–Trinajstić information content (AvgIpc) is 3.30. The Labute approximate surface area is 179 Å². The first-order valence-corrected chi connectivity index (χ1v) is 11.5. The number of allylic oxidation sites excluding steroid dienone is 1. The molecule has 3 aliphatic rings. The van der Waals surface area contributed by atoms with E-state index in [1.165, 1.54) is 17.5 Å². The summed E-state index contributed by atoms with van der Waals surface area (Å²) in [5.41, 5.74) is 4.83. The summed E-state index contributed by atoms with van der Waals surface area (Å²) in [5.74, 6) is 2.97. The van der Waals surface area contributed by atoms with Crippen molar-refractivity contribution < 1.29 is 9.53 Å². The summed E-state index contributed by atoms with van der Waals surface area (Å²) in [7, 11) is 1.74. The van der Waals surface area contributed by atoms with Gasteiger partial charge in [-0.2, -0.15) is 5.10 Å². The molecule has 4 nitrogen and oxygen atoms in total. The van der Waals surface area contributed by atoms with Gasteiger partial charge in [0.1, 0.15) is 5.75 Å². The highest BCUT2D eigenvalue weighted by Gasteiger charge is 2.56. The second-order valence-corrected chi connectivity index (χ2v) is 9.62. The highest BCUT2D eigenvalue weighted by molar-refractivity contribution is 6.05. The van der Waals surface area contributed by atoms with E-state index in [1.54, 1.807) is 7.11 Å². The Morgan fingerprint density at radius 1 is 1.30 bits per heavy atom. The summed E-state index contributed by atoms with van der Waals surface area (Å²) >= 11 is 0. The highest BCUT2D eigenvalue weighted by atomic mass is 16.5. The number of rotatable bonds is 4. The number of hydrogen-bond acceptors (Lipinski definition) is 3. The van der Waals surface area contributed by atoms with Gasteiger partial charge in [-0.25, -0.2) is 0 Å². The van der Waals surface area contributed by atoms with Crippen LogP contribution in [0.4, 0.5) is 0 Å². The molecule has 1 aromatic heterocycles. The van der Waals surface area contributed by atoms with Crippen molar-refractivity contribution in [3.05, 3.63) is 52.9 Å². The lowest BCUT2D eigenvalue weighted by molar-refractivity contribution is -0.127. The van der Waals surface area contributed by atoms with Crippen molar-refractivity contribution in [3.63, 3.8) is 0 Å². The maximum absolute atomic E-state index is 13.5. The van der Waals surface area contributed by atoms with Crippen LogP contribution in [-0.4, -0.2) is 22.7 Å². The van der Waals surface area contributed by atoms with E-state index < -0.39 is 0 Å². The molecule has 0 N–H and O–H groups in total. The third kappa shape index (κ3) is 2.95. The first-order valence-electron chi connectivity index (χ1n) is 11.5. The Morgan fingerprint density at radius 3 is 2.97 bits per heavy atom. The topological polar surface area (TPSA) is 44.1 Å². The van der Waals surface area contributed by atoms with Crippen LogP contribution in [0.2, 0.25) is 0 Å². The van der Waals surface area contributed by atoms with Gasteiger partial charge in [0.25, 0.3) is 0 Å². The predicted molar refractivity (Wildman–Crippen MR) is 118 cm³/mol. The summed E-state index contributed by atoms with van der Waals surface area (Å²) in [6.07, 6.45) is 10.3. The molecule has 0 radical (unpaired) electrons. The molecule has 0 aliphatic heterocycles. The fourth-order valence-corrected chi connectivity index (χ4v) is 6.53. The van der Waals surface area contributed by atoms with Crippen LogP contribution in [-0.2, 0) is 17.8 Å².